The number of hydrogen-bond acceptors (Lipinski definition) is 6. The van der Waals surface area contributed by atoms with Gasteiger partial charge < -0.3 is 4.74 Å². The smallest absolute Gasteiger partial charge is 0.230 e. The molecule has 0 bridgehead atoms. The molecule has 1 aliphatic rings. The third-order valence-corrected chi connectivity index (χ3v) is 7.18. The van der Waals surface area contributed by atoms with Gasteiger partial charge in [0.05, 0.1) is 33.9 Å². The summed E-state index contributed by atoms with van der Waals surface area (Å²) in [4.78, 5) is 14.5. The number of para-hydroxylation sites is 2. The molecule has 1 aliphatic heterocycles. The molecular weight excluding hydrogens is 486 g/mol. The molecular formula is C31H21N7O. The second-order valence-electron chi connectivity index (χ2n) is 9.55. The van der Waals surface area contributed by atoms with E-state index in [0.717, 1.165) is 39.0 Å². The van der Waals surface area contributed by atoms with Crippen molar-refractivity contribution < 1.29 is 4.74 Å². The van der Waals surface area contributed by atoms with Crippen LogP contribution in [0.15, 0.2) is 103 Å². The number of nitrogens with zero attached hydrogens (tertiary/aromatic N) is 7. The van der Waals surface area contributed by atoms with Gasteiger partial charge in [-0.25, -0.2) is 24.1 Å². The van der Waals surface area contributed by atoms with Crippen LogP contribution in [0.3, 0.4) is 0 Å². The Kier molecular flexibility index (Phi) is 4.63. The molecule has 4 aromatic heterocycles. The molecule has 7 aromatic rings. The van der Waals surface area contributed by atoms with Crippen LogP contribution >= 0.6 is 0 Å². The summed E-state index contributed by atoms with van der Waals surface area (Å²) in [6, 6.07) is 32.4. The van der Waals surface area contributed by atoms with Crippen molar-refractivity contribution >= 4 is 16.6 Å². The Morgan fingerprint density at radius 2 is 1.51 bits per heavy atom. The molecule has 3 aromatic carbocycles. The molecule has 39 heavy (non-hydrogen) atoms. The summed E-state index contributed by atoms with van der Waals surface area (Å²) >= 11 is 0. The number of ether oxygens (including phenoxy) is 1. The number of hydrogen-bond donors (Lipinski definition) is 0. The topological polar surface area (TPSA) is 83.0 Å². The maximum atomic E-state index is 6.51. The number of benzene rings is 3. The minimum Gasteiger partial charge on any atom is -0.420 e. The van der Waals surface area contributed by atoms with Crippen LogP contribution in [0.4, 0.5) is 0 Å². The SMILES string of the molecule is Cc1nn(-c2ccccc2)c2c1[C@H](c1ccccc1)c1c(ncn3nc(-c4ccc5ccccc5n4)nc13)O2. The van der Waals surface area contributed by atoms with Crippen molar-refractivity contribution in [3.8, 4) is 29.0 Å². The third kappa shape index (κ3) is 3.35. The quantitative estimate of drug-likeness (QED) is 0.287. The standard InChI is InChI=1S/C31H21N7O/c1-19-25-26(21-11-4-2-5-12-21)27-29-34-28(24-17-16-20-10-8-9-15-23(20)33-24)36-37(29)18-32-30(27)39-31(25)38(35-19)22-13-6-3-7-14-22/h2-18,26H,1H3/t26-/m0/s1. The maximum absolute atomic E-state index is 6.51. The van der Waals surface area contributed by atoms with E-state index in [2.05, 4.69) is 12.1 Å². The van der Waals surface area contributed by atoms with Crippen molar-refractivity contribution in [3.63, 3.8) is 0 Å². The van der Waals surface area contributed by atoms with E-state index in [4.69, 9.17) is 29.9 Å². The average molecular weight is 508 g/mol. The van der Waals surface area contributed by atoms with Crippen molar-refractivity contribution in [3.05, 3.63) is 126 Å². The lowest BCUT2D eigenvalue weighted by Gasteiger charge is -2.26. The second-order valence-corrected chi connectivity index (χ2v) is 9.55. The Labute approximate surface area is 223 Å². The van der Waals surface area contributed by atoms with E-state index in [1.165, 1.54) is 0 Å². The van der Waals surface area contributed by atoms with Crippen LogP contribution in [-0.4, -0.2) is 34.3 Å². The Hall–Kier alpha value is -5.37. The van der Waals surface area contributed by atoms with Gasteiger partial charge in [0, 0.05) is 5.39 Å². The summed E-state index contributed by atoms with van der Waals surface area (Å²) in [5, 5.41) is 10.7. The summed E-state index contributed by atoms with van der Waals surface area (Å²) in [6.07, 6.45) is 1.65. The van der Waals surface area contributed by atoms with Gasteiger partial charge in [-0.15, -0.1) is 5.10 Å². The summed E-state index contributed by atoms with van der Waals surface area (Å²) in [6.45, 7) is 2.02. The van der Waals surface area contributed by atoms with E-state index in [-0.39, 0.29) is 5.92 Å². The number of pyridine rings is 1. The van der Waals surface area contributed by atoms with Crippen LogP contribution in [0.5, 0.6) is 11.8 Å². The molecule has 8 nitrogen and oxygen atoms in total. The molecule has 1 atom stereocenters. The van der Waals surface area contributed by atoms with Gasteiger partial charge in [0.15, 0.2) is 5.65 Å². The molecule has 0 saturated heterocycles. The number of aromatic nitrogens is 7. The number of fused-ring (bicyclic) bond motifs is 5. The number of rotatable bonds is 3. The van der Waals surface area contributed by atoms with E-state index in [9.17, 15) is 0 Å². The molecule has 0 N–H and O–H groups in total. The molecule has 186 valence electrons. The zero-order valence-corrected chi connectivity index (χ0v) is 20.9. The van der Waals surface area contributed by atoms with Gasteiger partial charge >= 0.3 is 0 Å². The molecule has 0 fully saturated rings. The summed E-state index contributed by atoms with van der Waals surface area (Å²) in [7, 11) is 0. The Morgan fingerprint density at radius 3 is 2.36 bits per heavy atom. The van der Waals surface area contributed by atoms with Crippen LogP contribution in [0.2, 0.25) is 0 Å². The molecule has 0 saturated carbocycles. The molecule has 0 unspecified atom stereocenters. The fraction of sp³-hybridized carbons (Fsp3) is 0.0645. The van der Waals surface area contributed by atoms with Crippen molar-refractivity contribution in [1.82, 2.24) is 34.3 Å². The van der Waals surface area contributed by atoms with Gasteiger partial charge in [-0.3, -0.25) is 0 Å². The summed E-state index contributed by atoms with van der Waals surface area (Å²) in [5.74, 6) is 1.49. The van der Waals surface area contributed by atoms with E-state index in [0.29, 0.717) is 28.9 Å². The first kappa shape index (κ1) is 21.7. The minimum absolute atomic E-state index is 0.194. The van der Waals surface area contributed by atoms with Crippen LogP contribution in [0.1, 0.15) is 28.3 Å². The van der Waals surface area contributed by atoms with Gasteiger partial charge in [0.25, 0.3) is 0 Å². The zero-order chi connectivity index (χ0) is 25.9. The third-order valence-electron chi connectivity index (χ3n) is 7.18. The van der Waals surface area contributed by atoms with Crippen molar-refractivity contribution in [2.75, 3.05) is 0 Å². The first-order valence-electron chi connectivity index (χ1n) is 12.7. The lowest BCUT2D eigenvalue weighted by molar-refractivity contribution is 0.402. The van der Waals surface area contributed by atoms with E-state index in [1.54, 1.807) is 10.8 Å². The van der Waals surface area contributed by atoms with E-state index < -0.39 is 0 Å². The first-order valence-corrected chi connectivity index (χ1v) is 12.7. The Morgan fingerprint density at radius 1 is 0.744 bits per heavy atom. The van der Waals surface area contributed by atoms with Gasteiger partial charge in [-0.1, -0.05) is 72.8 Å². The lowest BCUT2D eigenvalue weighted by atomic mass is 9.84. The Bertz CT molecular complexity index is 2010. The van der Waals surface area contributed by atoms with Crippen LogP contribution < -0.4 is 4.74 Å². The maximum Gasteiger partial charge on any atom is 0.230 e. The van der Waals surface area contributed by atoms with Gasteiger partial charge in [0.1, 0.15) is 12.0 Å². The van der Waals surface area contributed by atoms with Crippen LogP contribution in [-0.2, 0) is 0 Å². The van der Waals surface area contributed by atoms with Crippen LogP contribution in [0, 0.1) is 6.92 Å². The molecule has 0 radical (unpaired) electrons. The second kappa shape index (κ2) is 8.32. The Balaban J connectivity index is 1.36. The fourth-order valence-corrected chi connectivity index (χ4v) is 5.40. The van der Waals surface area contributed by atoms with Gasteiger partial charge in [-0.05, 0) is 36.8 Å². The van der Waals surface area contributed by atoms with Gasteiger partial charge in [0.2, 0.25) is 17.6 Å². The molecule has 8 heteroatoms. The largest absolute Gasteiger partial charge is 0.420 e. The van der Waals surface area contributed by atoms with Crippen molar-refractivity contribution in [2.24, 2.45) is 0 Å². The lowest BCUT2D eigenvalue weighted by Crippen LogP contribution is -2.16. The highest BCUT2D eigenvalue weighted by Gasteiger charge is 2.38. The van der Waals surface area contributed by atoms with E-state index in [1.807, 2.05) is 96.5 Å². The summed E-state index contributed by atoms with van der Waals surface area (Å²) < 4.78 is 10.1. The van der Waals surface area contributed by atoms with Crippen molar-refractivity contribution in [2.45, 2.75) is 12.8 Å². The molecule has 0 aliphatic carbocycles. The summed E-state index contributed by atoms with van der Waals surface area (Å²) in [5.41, 5.74) is 7.02. The minimum atomic E-state index is -0.194. The molecule has 8 rings (SSSR count). The molecule has 0 spiro atoms. The highest BCUT2D eigenvalue weighted by atomic mass is 16.5. The predicted molar refractivity (Wildman–Crippen MR) is 147 cm³/mol. The highest BCUT2D eigenvalue weighted by Crippen LogP contribution is 2.49. The highest BCUT2D eigenvalue weighted by molar-refractivity contribution is 5.81. The zero-order valence-electron chi connectivity index (χ0n) is 20.9. The van der Waals surface area contributed by atoms with Crippen molar-refractivity contribution in [1.29, 1.82) is 0 Å². The molecule has 5 heterocycles. The first-order chi connectivity index (χ1) is 19.2. The normalized spacial score (nSPS) is 14.2. The van der Waals surface area contributed by atoms with Gasteiger partial charge in [-0.2, -0.15) is 5.10 Å². The van der Waals surface area contributed by atoms with Crippen LogP contribution in [0.25, 0.3) is 33.8 Å². The van der Waals surface area contributed by atoms with E-state index >= 15 is 0 Å². The molecule has 0 amide bonds. The average Bonchev–Trinajstić information content (AvgIpc) is 3.58. The fourth-order valence-electron chi connectivity index (χ4n) is 5.40. The predicted octanol–water partition coefficient (Wildman–Crippen LogP) is 6.12. The number of aryl methyl sites for hydroxylation is 1. The monoisotopic (exact) mass is 507 g/mol.